The van der Waals surface area contributed by atoms with Crippen LogP contribution in [-0.2, 0) is 11.3 Å². The molecule has 1 aromatic carbocycles. The van der Waals surface area contributed by atoms with E-state index in [0.29, 0.717) is 5.92 Å². The van der Waals surface area contributed by atoms with Gasteiger partial charge in [-0.25, -0.2) is 9.79 Å². The van der Waals surface area contributed by atoms with Crippen LogP contribution in [0.4, 0.5) is 4.79 Å². The Morgan fingerprint density at radius 1 is 1.11 bits per heavy atom. The molecule has 4 rings (SSSR count). The van der Waals surface area contributed by atoms with E-state index >= 15 is 0 Å². The molecule has 0 N–H and O–H groups in total. The Labute approximate surface area is 165 Å². The molecule has 3 amide bonds. The number of rotatable bonds is 4. The molecule has 1 saturated heterocycles. The number of carbonyl (C=O) groups is 2. The molecule has 7 nitrogen and oxygen atoms in total. The van der Waals surface area contributed by atoms with Crippen LogP contribution in [0.2, 0.25) is 0 Å². The number of imide groups is 1. The van der Waals surface area contributed by atoms with Gasteiger partial charge in [-0.3, -0.25) is 9.69 Å². The normalized spacial score (nSPS) is 24.1. The van der Waals surface area contributed by atoms with Gasteiger partial charge in [-0.05, 0) is 30.9 Å². The molecule has 148 valence electrons. The van der Waals surface area contributed by atoms with Crippen molar-refractivity contribution in [2.24, 2.45) is 10.9 Å². The average Bonchev–Trinajstić information content (AvgIpc) is 3.14. The van der Waals surface area contributed by atoms with Crippen molar-refractivity contribution in [3.05, 3.63) is 47.3 Å². The maximum Gasteiger partial charge on any atom is 0.328 e. The lowest BCUT2D eigenvalue weighted by molar-refractivity contribution is -0.137. The number of hydrogen-bond donors (Lipinski definition) is 0. The predicted octanol–water partition coefficient (Wildman–Crippen LogP) is 2.59. The van der Waals surface area contributed by atoms with Crippen molar-refractivity contribution in [2.45, 2.75) is 46.4 Å². The summed E-state index contributed by atoms with van der Waals surface area (Å²) in [6, 6.07) is 7.04. The first-order chi connectivity index (χ1) is 13.3. The van der Waals surface area contributed by atoms with Gasteiger partial charge in [0.2, 0.25) is 5.96 Å². The number of hydrogen-bond acceptors (Lipinski definition) is 5. The molecule has 1 aromatic rings. The van der Waals surface area contributed by atoms with E-state index in [1.807, 2.05) is 49.2 Å². The minimum Gasteiger partial charge on any atom is -0.315 e. The van der Waals surface area contributed by atoms with Crippen molar-refractivity contribution >= 4 is 17.9 Å². The number of amides is 3. The van der Waals surface area contributed by atoms with Crippen LogP contribution in [0.3, 0.4) is 0 Å². The van der Waals surface area contributed by atoms with E-state index in [1.54, 1.807) is 11.9 Å². The Bertz CT molecular complexity index is 891. The largest absolute Gasteiger partial charge is 0.328 e. The zero-order valence-corrected chi connectivity index (χ0v) is 17.1. The van der Waals surface area contributed by atoms with Gasteiger partial charge in [0.1, 0.15) is 0 Å². The molecule has 0 spiro atoms. The van der Waals surface area contributed by atoms with E-state index in [4.69, 9.17) is 4.99 Å². The van der Waals surface area contributed by atoms with E-state index in [1.165, 1.54) is 4.90 Å². The number of benzene rings is 1. The quantitative estimate of drug-likeness (QED) is 0.804. The monoisotopic (exact) mass is 381 g/mol. The summed E-state index contributed by atoms with van der Waals surface area (Å²) in [7, 11) is 1.73. The molecule has 3 aliphatic heterocycles. The van der Waals surface area contributed by atoms with Crippen LogP contribution in [0, 0.1) is 12.8 Å². The second kappa shape index (κ2) is 6.65. The fraction of sp³-hybridized carbons (Fsp3) is 0.476. The minimum absolute atomic E-state index is 0.189. The van der Waals surface area contributed by atoms with Crippen LogP contribution in [0.1, 0.15) is 31.9 Å². The van der Waals surface area contributed by atoms with Crippen LogP contribution in [0.25, 0.3) is 0 Å². The first kappa shape index (κ1) is 18.5. The number of likely N-dealkylation sites (N-methyl/N-ethyl adjacent to an activating group) is 1. The number of allylic oxidation sites excluding steroid dienone is 1. The van der Waals surface area contributed by atoms with Crippen LogP contribution in [0.5, 0.6) is 0 Å². The highest BCUT2D eigenvalue weighted by molar-refractivity contribution is 6.04. The highest BCUT2D eigenvalue weighted by atomic mass is 16.2. The fourth-order valence-electron chi connectivity index (χ4n) is 4.10. The number of guanidine groups is 1. The van der Waals surface area contributed by atoms with E-state index in [9.17, 15) is 9.59 Å². The highest BCUT2D eigenvalue weighted by Crippen LogP contribution is 2.34. The van der Waals surface area contributed by atoms with Gasteiger partial charge in [0.25, 0.3) is 5.91 Å². The van der Waals surface area contributed by atoms with Gasteiger partial charge < -0.3 is 14.7 Å². The summed E-state index contributed by atoms with van der Waals surface area (Å²) >= 11 is 0. The van der Waals surface area contributed by atoms with Crippen molar-refractivity contribution in [1.29, 1.82) is 0 Å². The number of urea groups is 1. The van der Waals surface area contributed by atoms with Gasteiger partial charge in [0.15, 0.2) is 12.2 Å². The average molecular weight is 381 g/mol. The first-order valence-electron chi connectivity index (χ1n) is 9.74. The third-order valence-electron chi connectivity index (χ3n) is 5.64. The summed E-state index contributed by atoms with van der Waals surface area (Å²) in [6.07, 6.45) is 1.50. The third kappa shape index (κ3) is 2.77. The molecule has 2 unspecified atom stereocenters. The van der Waals surface area contributed by atoms with Crippen molar-refractivity contribution in [3.8, 4) is 0 Å². The summed E-state index contributed by atoms with van der Waals surface area (Å²) in [5, 5.41) is 0. The molecule has 0 aliphatic carbocycles. The molecule has 2 atom stereocenters. The Morgan fingerprint density at radius 3 is 2.50 bits per heavy atom. The second-order valence-corrected chi connectivity index (χ2v) is 8.21. The van der Waals surface area contributed by atoms with Crippen molar-refractivity contribution < 1.29 is 9.59 Å². The fourth-order valence-corrected chi connectivity index (χ4v) is 4.10. The summed E-state index contributed by atoms with van der Waals surface area (Å²) in [5.41, 5.74) is 3.12. The number of carbonyl (C=O) groups excluding carboxylic acids is 2. The number of aliphatic imine (C=N–C) groups is 1. The Balaban J connectivity index is 1.64. The molecule has 7 heteroatoms. The maximum absolute atomic E-state index is 13.4. The van der Waals surface area contributed by atoms with Crippen molar-refractivity contribution in [2.75, 3.05) is 13.6 Å². The van der Waals surface area contributed by atoms with Crippen LogP contribution < -0.4 is 0 Å². The third-order valence-corrected chi connectivity index (χ3v) is 5.64. The molecule has 0 saturated carbocycles. The summed E-state index contributed by atoms with van der Waals surface area (Å²) in [5.74, 6) is 1.04. The number of nitrogens with zero attached hydrogens (tertiary/aromatic N) is 5. The summed E-state index contributed by atoms with van der Waals surface area (Å²) in [4.78, 5) is 38.1. The van der Waals surface area contributed by atoms with Crippen LogP contribution in [0.15, 0.2) is 41.2 Å². The number of aryl methyl sites for hydroxylation is 1. The molecule has 3 aliphatic rings. The molecular formula is C21H27N5O2. The molecule has 1 fully saturated rings. The maximum atomic E-state index is 13.4. The van der Waals surface area contributed by atoms with E-state index in [-0.39, 0.29) is 18.5 Å². The zero-order valence-electron chi connectivity index (χ0n) is 17.1. The lowest BCUT2D eigenvalue weighted by atomic mass is 10.1. The van der Waals surface area contributed by atoms with Gasteiger partial charge in [0.05, 0.1) is 6.54 Å². The smallest absolute Gasteiger partial charge is 0.315 e. The molecular weight excluding hydrogens is 354 g/mol. The Hall–Kier alpha value is -2.83. The van der Waals surface area contributed by atoms with E-state index < -0.39 is 12.2 Å². The van der Waals surface area contributed by atoms with Crippen LogP contribution >= 0.6 is 0 Å². The van der Waals surface area contributed by atoms with Gasteiger partial charge in [-0.1, -0.05) is 38.1 Å². The first-order valence-corrected chi connectivity index (χ1v) is 9.74. The van der Waals surface area contributed by atoms with Crippen molar-refractivity contribution in [3.63, 3.8) is 0 Å². The van der Waals surface area contributed by atoms with Gasteiger partial charge in [-0.2, -0.15) is 0 Å². The SMILES string of the molecule is CC1=CN2C(=NC3C2C(=O)N(Cc2ccccc2C)C(=O)N3C)N1CC(C)C. The highest BCUT2D eigenvalue weighted by Gasteiger charge is 2.54. The summed E-state index contributed by atoms with van der Waals surface area (Å²) < 4.78 is 0. The van der Waals surface area contributed by atoms with Gasteiger partial charge in [0, 0.05) is 25.5 Å². The topological polar surface area (TPSA) is 59.5 Å². The predicted molar refractivity (Wildman–Crippen MR) is 107 cm³/mol. The van der Waals surface area contributed by atoms with E-state index in [0.717, 1.165) is 29.3 Å². The molecule has 0 bridgehead atoms. The van der Waals surface area contributed by atoms with E-state index in [2.05, 4.69) is 18.7 Å². The Morgan fingerprint density at radius 2 is 1.82 bits per heavy atom. The van der Waals surface area contributed by atoms with Crippen LogP contribution in [-0.4, -0.2) is 63.3 Å². The lowest BCUT2D eigenvalue weighted by Gasteiger charge is -2.40. The molecule has 28 heavy (non-hydrogen) atoms. The molecule has 3 heterocycles. The van der Waals surface area contributed by atoms with Gasteiger partial charge >= 0.3 is 6.03 Å². The summed E-state index contributed by atoms with van der Waals surface area (Å²) in [6.45, 7) is 9.45. The standard InChI is InChI=1S/C21H27N5O2/c1-13(2)10-24-15(4)11-25-17-18(22-20(24)25)23(5)21(28)26(19(17)27)12-16-9-7-6-8-14(16)3/h6-9,11,13,17-18H,10,12H2,1-5H3. The number of fused-ring (bicyclic) bond motifs is 3. The Kier molecular flexibility index (Phi) is 4.40. The molecule has 0 aromatic heterocycles. The second-order valence-electron chi connectivity index (χ2n) is 8.21. The minimum atomic E-state index is -0.506. The molecule has 0 radical (unpaired) electrons. The lowest BCUT2D eigenvalue weighted by Crippen LogP contribution is -2.63. The zero-order chi connectivity index (χ0) is 20.2. The van der Waals surface area contributed by atoms with Crippen molar-refractivity contribution in [1.82, 2.24) is 19.6 Å². The van der Waals surface area contributed by atoms with Gasteiger partial charge in [-0.15, -0.1) is 0 Å².